The normalized spacial score (nSPS) is 16.1. The molecule has 1 aromatic heterocycles. The molecule has 2 atom stereocenters. The molecule has 190 valence electrons. The van der Waals surface area contributed by atoms with E-state index in [2.05, 4.69) is 28.2 Å². The number of methoxy groups -OCH3 is 1. The van der Waals surface area contributed by atoms with Crippen molar-refractivity contribution in [3.8, 4) is 17.2 Å². The standard InChI is InChI=1S/C29H35N3O4/c1-5-26(24-9-6-7-11-27(24)36-23-14-12-22(34-4)13-15-23)31-21-16-18-32(19-21)28-25(10-8-17-30-28)29(33)35-20(2)3/h6-15,17,20-21,26,31H,5,16,18-19H2,1-4H3/t21-,26?/m0/s1. The van der Waals surface area contributed by atoms with E-state index in [4.69, 9.17) is 14.2 Å². The van der Waals surface area contributed by atoms with Crippen LogP contribution < -0.4 is 19.7 Å². The monoisotopic (exact) mass is 489 g/mol. The molecule has 4 rings (SSSR count). The van der Waals surface area contributed by atoms with E-state index >= 15 is 0 Å². The van der Waals surface area contributed by atoms with Crippen LogP contribution in [0.4, 0.5) is 5.82 Å². The third kappa shape index (κ3) is 6.15. The van der Waals surface area contributed by atoms with Crippen LogP contribution in [-0.2, 0) is 4.74 Å². The largest absolute Gasteiger partial charge is 0.497 e. The zero-order valence-electron chi connectivity index (χ0n) is 21.4. The minimum atomic E-state index is -0.333. The van der Waals surface area contributed by atoms with Crippen LogP contribution in [0.3, 0.4) is 0 Å². The zero-order chi connectivity index (χ0) is 25.5. The first-order valence-corrected chi connectivity index (χ1v) is 12.6. The fraction of sp³-hybridized carbons (Fsp3) is 0.379. The van der Waals surface area contributed by atoms with Crippen molar-refractivity contribution in [2.24, 2.45) is 0 Å². The van der Waals surface area contributed by atoms with Gasteiger partial charge in [-0.1, -0.05) is 25.1 Å². The van der Waals surface area contributed by atoms with Crippen LogP contribution in [0.15, 0.2) is 66.9 Å². The lowest BCUT2D eigenvalue weighted by molar-refractivity contribution is 0.0378. The third-order valence-electron chi connectivity index (χ3n) is 6.26. The van der Waals surface area contributed by atoms with Gasteiger partial charge in [-0.25, -0.2) is 9.78 Å². The lowest BCUT2D eigenvalue weighted by Gasteiger charge is -2.25. The van der Waals surface area contributed by atoms with Gasteiger partial charge in [-0.2, -0.15) is 0 Å². The van der Waals surface area contributed by atoms with Gasteiger partial charge in [-0.05, 0) is 69.2 Å². The average Bonchev–Trinajstić information content (AvgIpc) is 3.36. The van der Waals surface area contributed by atoms with Crippen LogP contribution in [0.5, 0.6) is 17.2 Å². The number of nitrogens with zero attached hydrogens (tertiary/aromatic N) is 2. The van der Waals surface area contributed by atoms with Crippen molar-refractivity contribution in [3.05, 3.63) is 78.0 Å². The second kappa shape index (κ2) is 11.9. The zero-order valence-corrected chi connectivity index (χ0v) is 21.4. The number of benzene rings is 2. The van der Waals surface area contributed by atoms with Crippen LogP contribution in [0.1, 0.15) is 55.6 Å². The number of nitrogens with one attached hydrogen (secondary N) is 1. The molecule has 3 aromatic rings. The van der Waals surface area contributed by atoms with Crippen molar-refractivity contribution >= 4 is 11.8 Å². The lowest BCUT2D eigenvalue weighted by atomic mass is 10.0. The smallest absolute Gasteiger partial charge is 0.342 e. The highest BCUT2D eigenvalue weighted by atomic mass is 16.5. The second-order valence-electron chi connectivity index (χ2n) is 9.20. The molecule has 1 fully saturated rings. The number of esters is 1. The molecular weight excluding hydrogens is 454 g/mol. The minimum Gasteiger partial charge on any atom is -0.497 e. The minimum absolute atomic E-state index is 0.124. The molecule has 1 saturated heterocycles. The van der Waals surface area contributed by atoms with E-state index in [1.807, 2.05) is 56.3 Å². The van der Waals surface area contributed by atoms with Gasteiger partial charge in [0.05, 0.1) is 13.2 Å². The molecule has 7 nitrogen and oxygen atoms in total. The number of carbonyl (C=O) groups excluding carboxylic acids is 1. The third-order valence-corrected chi connectivity index (χ3v) is 6.26. The van der Waals surface area contributed by atoms with Crippen molar-refractivity contribution in [1.82, 2.24) is 10.3 Å². The van der Waals surface area contributed by atoms with Crippen LogP contribution in [0, 0.1) is 0 Å². The SMILES string of the molecule is CCC(N[C@H]1CCN(c2ncccc2C(=O)OC(C)C)C1)c1ccccc1Oc1ccc(OC)cc1. The van der Waals surface area contributed by atoms with Crippen LogP contribution >= 0.6 is 0 Å². The van der Waals surface area contributed by atoms with E-state index in [0.29, 0.717) is 11.4 Å². The Hall–Kier alpha value is -3.58. The maximum atomic E-state index is 12.6. The molecule has 0 aliphatic carbocycles. The number of aromatic nitrogens is 1. The molecule has 0 spiro atoms. The van der Waals surface area contributed by atoms with Gasteiger partial charge in [0.15, 0.2) is 0 Å². The van der Waals surface area contributed by atoms with Gasteiger partial charge in [-0.3, -0.25) is 0 Å². The highest BCUT2D eigenvalue weighted by Crippen LogP contribution is 2.33. The number of anilines is 1. The maximum absolute atomic E-state index is 12.6. The number of rotatable bonds is 10. The summed E-state index contributed by atoms with van der Waals surface area (Å²) in [5, 5.41) is 3.82. The summed E-state index contributed by atoms with van der Waals surface area (Å²) >= 11 is 0. The number of carbonyl (C=O) groups is 1. The van der Waals surface area contributed by atoms with Crippen molar-refractivity contribution in [2.45, 2.75) is 51.8 Å². The molecule has 1 N–H and O–H groups in total. The number of hydrogen-bond acceptors (Lipinski definition) is 7. The Balaban J connectivity index is 1.46. The molecule has 2 heterocycles. The van der Waals surface area contributed by atoms with Gasteiger partial charge in [0, 0.05) is 36.9 Å². The van der Waals surface area contributed by atoms with Gasteiger partial charge in [0.1, 0.15) is 28.6 Å². The molecule has 1 aliphatic rings. The predicted octanol–water partition coefficient (Wildman–Crippen LogP) is 5.77. The Bertz CT molecular complexity index is 1150. The molecule has 2 aromatic carbocycles. The molecule has 0 amide bonds. The van der Waals surface area contributed by atoms with Crippen molar-refractivity contribution in [1.29, 1.82) is 0 Å². The average molecular weight is 490 g/mol. The van der Waals surface area contributed by atoms with E-state index in [1.165, 1.54) is 0 Å². The Morgan fingerprint density at radius 1 is 1.08 bits per heavy atom. The number of para-hydroxylation sites is 1. The van der Waals surface area contributed by atoms with Crippen LogP contribution in [0.2, 0.25) is 0 Å². The number of hydrogen-bond donors (Lipinski definition) is 1. The van der Waals surface area contributed by atoms with Crippen LogP contribution in [-0.4, -0.2) is 43.3 Å². The van der Waals surface area contributed by atoms with E-state index in [1.54, 1.807) is 25.4 Å². The Morgan fingerprint density at radius 3 is 2.56 bits per heavy atom. The Labute approximate surface area is 213 Å². The van der Waals surface area contributed by atoms with Gasteiger partial charge < -0.3 is 24.4 Å². The molecule has 1 aliphatic heterocycles. The summed E-state index contributed by atoms with van der Waals surface area (Å²) in [4.78, 5) is 19.3. The fourth-order valence-electron chi connectivity index (χ4n) is 4.52. The van der Waals surface area contributed by atoms with E-state index < -0.39 is 0 Å². The highest BCUT2D eigenvalue weighted by molar-refractivity contribution is 5.95. The lowest BCUT2D eigenvalue weighted by Crippen LogP contribution is -2.36. The summed E-state index contributed by atoms with van der Waals surface area (Å²) in [5.41, 5.74) is 1.63. The Kier molecular flexibility index (Phi) is 8.44. The van der Waals surface area contributed by atoms with Crippen molar-refractivity contribution < 1.29 is 19.0 Å². The summed E-state index contributed by atoms with van der Waals surface area (Å²) in [7, 11) is 1.65. The van der Waals surface area contributed by atoms with Gasteiger partial charge in [0.2, 0.25) is 0 Å². The van der Waals surface area contributed by atoms with Gasteiger partial charge >= 0.3 is 5.97 Å². The second-order valence-corrected chi connectivity index (χ2v) is 9.20. The molecule has 0 saturated carbocycles. The first-order valence-electron chi connectivity index (χ1n) is 12.6. The van der Waals surface area contributed by atoms with Gasteiger partial charge in [-0.15, -0.1) is 0 Å². The molecule has 1 unspecified atom stereocenters. The summed E-state index contributed by atoms with van der Waals surface area (Å²) in [6.45, 7) is 7.46. The fourth-order valence-corrected chi connectivity index (χ4v) is 4.52. The molecule has 0 bridgehead atoms. The van der Waals surface area contributed by atoms with Crippen molar-refractivity contribution in [2.75, 3.05) is 25.1 Å². The maximum Gasteiger partial charge on any atom is 0.342 e. The van der Waals surface area contributed by atoms with E-state index in [-0.39, 0.29) is 24.2 Å². The highest BCUT2D eigenvalue weighted by Gasteiger charge is 2.29. The molecule has 0 radical (unpaired) electrons. The number of pyridine rings is 1. The topological polar surface area (TPSA) is 72.9 Å². The summed E-state index contributed by atoms with van der Waals surface area (Å²) in [6, 6.07) is 19.7. The Morgan fingerprint density at radius 2 is 1.83 bits per heavy atom. The van der Waals surface area contributed by atoms with Crippen molar-refractivity contribution in [3.63, 3.8) is 0 Å². The summed E-state index contributed by atoms with van der Waals surface area (Å²) in [5.74, 6) is 2.74. The quantitative estimate of drug-likeness (QED) is 0.363. The van der Waals surface area contributed by atoms with E-state index in [0.717, 1.165) is 48.7 Å². The summed E-state index contributed by atoms with van der Waals surface area (Å²) in [6.07, 6.45) is 3.41. The van der Waals surface area contributed by atoms with E-state index in [9.17, 15) is 4.79 Å². The molecule has 7 heteroatoms. The molecule has 36 heavy (non-hydrogen) atoms. The molecular formula is C29H35N3O4. The first kappa shape index (κ1) is 25.5. The van der Waals surface area contributed by atoms with Gasteiger partial charge in [0.25, 0.3) is 0 Å². The predicted molar refractivity (Wildman–Crippen MR) is 141 cm³/mol. The van der Waals surface area contributed by atoms with Crippen LogP contribution in [0.25, 0.3) is 0 Å². The first-order chi connectivity index (χ1) is 17.5. The summed E-state index contributed by atoms with van der Waals surface area (Å²) < 4.78 is 16.9. The number of ether oxygens (including phenoxy) is 3.